The summed E-state index contributed by atoms with van der Waals surface area (Å²) in [5.41, 5.74) is 5.78. The lowest BCUT2D eigenvalue weighted by Gasteiger charge is -2.42. The van der Waals surface area contributed by atoms with Gasteiger partial charge in [0.15, 0.2) is 11.5 Å². The van der Waals surface area contributed by atoms with Crippen LogP contribution in [0.15, 0.2) is 42.7 Å². The highest BCUT2D eigenvalue weighted by Crippen LogP contribution is 2.35. The van der Waals surface area contributed by atoms with Gasteiger partial charge in [-0.15, -0.1) is 0 Å². The van der Waals surface area contributed by atoms with Crippen LogP contribution in [-0.2, 0) is 6.54 Å². The number of rotatable bonds is 11. The van der Waals surface area contributed by atoms with Crippen LogP contribution in [0.4, 0.5) is 5.69 Å². The topological polar surface area (TPSA) is 104 Å². The SMILES string of the molecule is COc1ccc(N(Cc2cnccc2C)C2CCN(C(C)CCNC(=O)c3c(C)cc(C#N)nc3C)CC2)cc1OC. The van der Waals surface area contributed by atoms with Crippen LogP contribution >= 0.6 is 0 Å². The standard InChI is InChI=1S/C33H42N6O3/c1-22-9-13-35-20-26(22)21-39(29-7-8-30(41-5)31(18-29)42-6)28-11-15-38(16-12-28)24(3)10-14-36-33(40)32-23(2)17-27(19-34)37-25(32)4/h7-9,13,17-18,20,24,28H,10-12,14-16,21H2,1-6H3,(H,36,40). The number of piperidine rings is 1. The number of ether oxygens (including phenoxy) is 2. The molecule has 9 heteroatoms. The predicted octanol–water partition coefficient (Wildman–Crippen LogP) is 4.97. The summed E-state index contributed by atoms with van der Waals surface area (Å²) in [6, 6.07) is 12.6. The largest absolute Gasteiger partial charge is 0.493 e. The monoisotopic (exact) mass is 570 g/mol. The number of benzene rings is 1. The highest BCUT2D eigenvalue weighted by atomic mass is 16.5. The summed E-state index contributed by atoms with van der Waals surface area (Å²) in [6.07, 6.45) is 6.71. The Kier molecular flexibility index (Phi) is 10.4. The van der Waals surface area contributed by atoms with E-state index >= 15 is 0 Å². The summed E-state index contributed by atoms with van der Waals surface area (Å²) < 4.78 is 11.1. The van der Waals surface area contributed by atoms with Crippen molar-refractivity contribution in [2.75, 3.05) is 38.8 Å². The van der Waals surface area contributed by atoms with Gasteiger partial charge in [0.25, 0.3) is 5.91 Å². The number of anilines is 1. The van der Waals surface area contributed by atoms with Crippen LogP contribution in [0.3, 0.4) is 0 Å². The molecule has 2 aromatic heterocycles. The molecule has 1 fully saturated rings. The Morgan fingerprint density at radius 3 is 2.50 bits per heavy atom. The van der Waals surface area contributed by atoms with Crippen molar-refractivity contribution in [2.45, 2.75) is 65.6 Å². The first-order chi connectivity index (χ1) is 20.2. The fourth-order valence-electron chi connectivity index (χ4n) is 5.82. The molecule has 1 aliphatic heterocycles. The van der Waals surface area contributed by atoms with Crippen LogP contribution in [0.25, 0.3) is 0 Å². The lowest BCUT2D eigenvalue weighted by atomic mass is 9.98. The van der Waals surface area contributed by atoms with Gasteiger partial charge < -0.3 is 24.6 Å². The fourth-order valence-corrected chi connectivity index (χ4v) is 5.82. The minimum Gasteiger partial charge on any atom is -0.493 e. The summed E-state index contributed by atoms with van der Waals surface area (Å²) in [7, 11) is 3.33. The lowest BCUT2D eigenvalue weighted by molar-refractivity contribution is 0.0943. The Morgan fingerprint density at radius 2 is 1.86 bits per heavy atom. The van der Waals surface area contributed by atoms with Crippen LogP contribution < -0.4 is 19.7 Å². The van der Waals surface area contributed by atoms with Crippen molar-refractivity contribution >= 4 is 11.6 Å². The Bertz CT molecular complexity index is 1400. The third-order valence-corrected chi connectivity index (χ3v) is 8.34. The molecule has 1 aliphatic rings. The van der Waals surface area contributed by atoms with Crippen molar-refractivity contribution in [3.8, 4) is 17.6 Å². The molecule has 4 rings (SSSR count). The number of hydrogen-bond acceptors (Lipinski definition) is 8. The number of carbonyl (C=O) groups excluding carboxylic acids is 1. The molecular formula is C33H42N6O3. The molecule has 0 aliphatic carbocycles. The first kappa shape index (κ1) is 30.8. The molecule has 1 saturated heterocycles. The zero-order chi connectivity index (χ0) is 30.2. The lowest BCUT2D eigenvalue weighted by Crippen LogP contribution is -2.48. The maximum Gasteiger partial charge on any atom is 0.253 e. The molecule has 3 aromatic rings. The normalized spacial score (nSPS) is 14.6. The third-order valence-electron chi connectivity index (χ3n) is 8.34. The average Bonchev–Trinajstić information content (AvgIpc) is 3.00. The zero-order valence-electron chi connectivity index (χ0n) is 25.6. The van der Waals surface area contributed by atoms with Crippen LogP contribution in [0.2, 0.25) is 0 Å². The molecule has 1 unspecified atom stereocenters. The fraction of sp³-hybridized carbons (Fsp3) is 0.455. The van der Waals surface area contributed by atoms with Gasteiger partial charge in [0.2, 0.25) is 0 Å². The Labute approximate surface area is 249 Å². The van der Waals surface area contributed by atoms with Gasteiger partial charge in [0.1, 0.15) is 11.8 Å². The molecule has 0 saturated carbocycles. The summed E-state index contributed by atoms with van der Waals surface area (Å²) in [5.74, 6) is 1.30. The number of methoxy groups -OCH3 is 2. The molecule has 3 heterocycles. The number of hydrogen-bond donors (Lipinski definition) is 1. The van der Waals surface area contributed by atoms with E-state index < -0.39 is 0 Å². The summed E-state index contributed by atoms with van der Waals surface area (Å²) >= 11 is 0. The van der Waals surface area contributed by atoms with E-state index in [-0.39, 0.29) is 5.91 Å². The highest BCUT2D eigenvalue weighted by Gasteiger charge is 2.28. The molecule has 0 bridgehead atoms. The van der Waals surface area contributed by atoms with Crippen LogP contribution in [0.5, 0.6) is 11.5 Å². The number of nitrogens with one attached hydrogen (secondary N) is 1. The number of pyridine rings is 2. The van der Waals surface area contributed by atoms with E-state index in [4.69, 9.17) is 14.7 Å². The zero-order valence-corrected chi connectivity index (χ0v) is 25.6. The van der Waals surface area contributed by atoms with Gasteiger partial charge in [-0.25, -0.2) is 4.98 Å². The van der Waals surface area contributed by atoms with E-state index in [9.17, 15) is 4.79 Å². The van der Waals surface area contributed by atoms with E-state index in [1.54, 1.807) is 27.2 Å². The van der Waals surface area contributed by atoms with Crippen molar-refractivity contribution in [3.05, 3.63) is 76.4 Å². The molecule has 1 aromatic carbocycles. The summed E-state index contributed by atoms with van der Waals surface area (Å²) in [5, 5.41) is 12.2. The van der Waals surface area contributed by atoms with Crippen molar-refractivity contribution in [1.29, 1.82) is 5.26 Å². The Balaban J connectivity index is 1.38. The molecule has 222 valence electrons. The first-order valence-corrected chi connectivity index (χ1v) is 14.5. The third kappa shape index (κ3) is 7.18. The van der Waals surface area contributed by atoms with Gasteiger partial charge >= 0.3 is 0 Å². The second-order valence-electron chi connectivity index (χ2n) is 11.0. The number of aryl methyl sites for hydroxylation is 3. The molecule has 0 radical (unpaired) electrons. The van der Waals surface area contributed by atoms with Crippen molar-refractivity contribution in [1.82, 2.24) is 20.2 Å². The maximum absolute atomic E-state index is 12.9. The maximum atomic E-state index is 12.9. The summed E-state index contributed by atoms with van der Waals surface area (Å²) in [4.78, 5) is 26.5. The van der Waals surface area contributed by atoms with Gasteiger partial charge in [-0.05, 0) is 87.9 Å². The van der Waals surface area contributed by atoms with E-state index in [1.165, 1.54) is 11.1 Å². The minimum atomic E-state index is -0.135. The number of carbonyl (C=O) groups is 1. The molecule has 42 heavy (non-hydrogen) atoms. The van der Waals surface area contributed by atoms with E-state index in [0.717, 1.165) is 61.6 Å². The number of nitrogens with zero attached hydrogens (tertiary/aromatic N) is 5. The van der Waals surface area contributed by atoms with E-state index in [2.05, 4.69) is 57.1 Å². The van der Waals surface area contributed by atoms with Gasteiger partial charge in [0.05, 0.1) is 25.5 Å². The average molecular weight is 571 g/mol. The van der Waals surface area contributed by atoms with E-state index in [1.807, 2.05) is 31.5 Å². The van der Waals surface area contributed by atoms with Crippen molar-refractivity contribution in [2.24, 2.45) is 0 Å². The minimum absolute atomic E-state index is 0.135. The van der Waals surface area contributed by atoms with Crippen molar-refractivity contribution in [3.63, 3.8) is 0 Å². The molecule has 9 nitrogen and oxygen atoms in total. The van der Waals surface area contributed by atoms with Gasteiger partial charge in [0, 0.05) is 62.4 Å². The van der Waals surface area contributed by atoms with Crippen molar-refractivity contribution < 1.29 is 14.3 Å². The van der Waals surface area contributed by atoms with E-state index in [0.29, 0.717) is 35.6 Å². The smallest absolute Gasteiger partial charge is 0.253 e. The van der Waals surface area contributed by atoms with Gasteiger partial charge in [-0.3, -0.25) is 9.78 Å². The molecule has 1 atom stereocenters. The highest BCUT2D eigenvalue weighted by molar-refractivity contribution is 5.96. The number of amides is 1. The Hall–Kier alpha value is -4.16. The molecule has 1 amide bonds. The number of likely N-dealkylation sites (tertiary alicyclic amines) is 1. The second kappa shape index (κ2) is 14.1. The van der Waals surface area contributed by atoms with Gasteiger partial charge in [-0.1, -0.05) is 0 Å². The van der Waals surface area contributed by atoms with Crippen LogP contribution in [0, 0.1) is 32.1 Å². The van der Waals surface area contributed by atoms with Crippen LogP contribution in [0.1, 0.15) is 64.6 Å². The first-order valence-electron chi connectivity index (χ1n) is 14.5. The number of aromatic nitrogens is 2. The van der Waals surface area contributed by atoms with Gasteiger partial charge in [-0.2, -0.15) is 5.26 Å². The number of nitriles is 1. The predicted molar refractivity (Wildman–Crippen MR) is 164 cm³/mol. The van der Waals surface area contributed by atoms with Crippen LogP contribution in [-0.4, -0.2) is 66.7 Å². The molecule has 1 N–H and O–H groups in total. The quantitative estimate of drug-likeness (QED) is 0.345. The second-order valence-corrected chi connectivity index (χ2v) is 11.0. The Morgan fingerprint density at radius 1 is 1.12 bits per heavy atom. The summed E-state index contributed by atoms with van der Waals surface area (Å²) in [6.45, 7) is 11.3. The molecule has 0 spiro atoms. The molecular weight excluding hydrogens is 528 g/mol.